The first-order valence-corrected chi connectivity index (χ1v) is 7.35. The van der Waals surface area contributed by atoms with Gasteiger partial charge < -0.3 is 0 Å². The van der Waals surface area contributed by atoms with Crippen LogP contribution in [0.2, 0.25) is 0 Å². The standard InChI is InChI=1S/C10H16N4O2S/c11-14-9(10-6-12-2-3-13-10)5-8-1-4-17(15,16)7-8/h2-3,6,8-9,14H,1,4-5,7,11H2. The molecule has 0 spiro atoms. The molecule has 1 aromatic rings. The van der Waals surface area contributed by atoms with Crippen LogP contribution < -0.4 is 11.3 Å². The van der Waals surface area contributed by atoms with Crippen molar-refractivity contribution in [1.29, 1.82) is 0 Å². The third kappa shape index (κ3) is 3.21. The normalized spacial score (nSPS) is 24.6. The summed E-state index contributed by atoms with van der Waals surface area (Å²) in [5.41, 5.74) is 3.42. The largest absolute Gasteiger partial charge is 0.271 e. The van der Waals surface area contributed by atoms with Crippen LogP contribution in [-0.4, -0.2) is 29.9 Å². The van der Waals surface area contributed by atoms with Crippen molar-refractivity contribution in [3.05, 3.63) is 24.3 Å². The minimum Gasteiger partial charge on any atom is -0.271 e. The van der Waals surface area contributed by atoms with Crippen LogP contribution in [0.5, 0.6) is 0 Å². The maximum atomic E-state index is 11.4. The fraction of sp³-hybridized carbons (Fsp3) is 0.600. The zero-order chi connectivity index (χ0) is 12.3. The average Bonchev–Trinajstić information content (AvgIpc) is 2.67. The molecule has 2 atom stereocenters. The highest BCUT2D eigenvalue weighted by atomic mass is 32.2. The number of nitrogens with zero attached hydrogens (tertiary/aromatic N) is 2. The Labute approximate surface area is 101 Å². The van der Waals surface area contributed by atoms with E-state index in [1.54, 1.807) is 18.6 Å². The lowest BCUT2D eigenvalue weighted by Crippen LogP contribution is -2.30. The van der Waals surface area contributed by atoms with Gasteiger partial charge in [0.2, 0.25) is 0 Å². The molecule has 3 N–H and O–H groups in total. The quantitative estimate of drug-likeness (QED) is 0.572. The van der Waals surface area contributed by atoms with E-state index in [1.165, 1.54) is 0 Å². The number of hydrogen-bond acceptors (Lipinski definition) is 6. The summed E-state index contributed by atoms with van der Waals surface area (Å²) in [4.78, 5) is 8.15. The van der Waals surface area contributed by atoms with Crippen molar-refractivity contribution >= 4 is 9.84 Å². The minimum absolute atomic E-state index is 0.137. The lowest BCUT2D eigenvalue weighted by Gasteiger charge is -2.17. The minimum atomic E-state index is -2.84. The number of nitrogens with two attached hydrogens (primary N) is 1. The van der Waals surface area contributed by atoms with Crippen LogP contribution in [0.15, 0.2) is 18.6 Å². The molecule has 2 rings (SSSR count). The third-order valence-corrected chi connectivity index (χ3v) is 4.87. The molecule has 1 aliphatic heterocycles. The van der Waals surface area contributed by atoms with Crippen molar-refractivity contribution in [2.45, 2.75) is 18.9 Å². The molecule has 1 aliphatic rings. The molecule has 0 bridgehead atoms. The highest BCUT2D eigenvalue weighted by Crippen LogP contribution is 2.27. The Bertz CT molecular complexity index is 462. The maximum absolute atomic E-state index is 11.4. The van der Waals surface area contributed by atoms with Gasteiger partial charge in [0.25, 0.3) is 0 Å². The first-order valence-electron chi connectivity index (χ1n) is 5.53. The molecule has 2 unspecified atom stereocenters. The first kappa shape index (κ1) is 12.4. The van der Waals surface area contributed by atoms with Gasteiger partial charge in [0.1, 0.15) is 0 Å². The number of hydrogen-bond donors (Lipinski definition) is 2. The van der Waals surface area contributed by atoms with Gasteiger partial charge in [-0.2, -0.15) is 0 Å². The van der Waals surface area contributed by atoms with Gasteiger partial charge in [-0.25, -0.2) is 8.42 Å². The van der Waals surface area contributed by atoms with Crippen LogP contribution >= 0.6 is 0 Å². The Morgan fingerprint density at radius 2 is 2.35 bits per heavy atom. The second-order valence-electron chi connectivity index (χ2n) is 4.35. The summed E-state index contributed by atoms with van der Waals surface area (Å²) in [5, 5.41) is 0. The van der Waals surface area contributed by atoms with Crippen molar-refractivity contribution < 1.29 is 8.42 Å². The van der Waals surface area contributed by atoms with E-state index in [9.17, 15) is 8.42 Å². The van der Waals surface area contributed by atoms with E-state index in [4.69, 9.17) is 5.84 Å². The van der Waals surface area contributed by atoms with Crippen LogP contribution in [0.3, 0.4) is 0 Å². The summed E-state index contributed by atoms with van der Waals surface area (Å²) in [6.07, 6.45) is 6.23. The molecular weight excluding hydrogens is 240 g/mol. The number of nitrogens with one attached hydrogen (secondary N) is 1. The van der Waals surface area contributed by atoms with Gasteiger partial charge in [-0.3, -0.25) is 21.2 Å². The van der Waals surface area contributed by atoms with E-state index in [1.807, 2.05) is 0 Å². The van der Waals surface area contributed by atoms with Crippen molar-refractivity contribution in [2.75, 3.05) is 11.5 Å². The van der Waals surface area contributed by atoms with Gasteiger partial charge in [-0.15, -0.1) is 0 Å². The number of rotatable bonds is 4. The molecule has 0 amide bonds. The van der Waals surface area contributed by atoms with Crippen LogP contribution in [0.25, 0.3) is 0 Å². The molecule has 6 nitrogen and oxygen atoms in total. The molecule has 2 heterocycles. The molecule has 17 heavy (non-hydrogen) atoms. The Morgan fingerprint density at radius 1 is 1.53 bits per heavy atom. The second kappa shape index (κ2) is 5.07. The SMILES string of the molecule is NNC(CC1CCS(=O)(=O)C1)c1cnccn1. The fourth-order valence-corrected chi connectivity index (χ4v) is 4.04. The predicted molar refractivity (Wildman–Crippen MR) is 63.5 cm³/mol. The van der Waals surface area contributed by atoms with Gasteiger partial charge >= 0.3 is 0 Å². The van der Waals surface area contributed by atoms with E-state index in [0.717, 1.165) is 5.69 Å². The first-order chi connectivity index (χ1) is 8.11. The van der Waals surface area contributed by atoms with E-state index >= 15 is 0 Å². The fourth-order valence-electron chi connectivity index (χ4n) is 2.16. The number of hydrazine groups is 1. The van der Waals surface area contributed by atoms with Crippen LogP contribution in [0.1, 0.15) is 24.6 Å². The van der Waals surface area contributed by atoms with Crippen LogP contribution in [0.4, 0.5) is 0 Å². The lowest BCUT2D eigenvalue weighted by atomic mass is 9.98. The van der Waals surface area contributed by atoms with Crippen molar-refractivity contribution in [1.82, 2.24) is 15.4 Å². The van der Waals surface area contributed by atoms with Crippen LogP contribution in [0, 0.1) is 5.92 Å². The zero-order valence-electron chi connectivity index (χ0n) is 9.41. The van der Waals surface area contributed by atoms with Gasteiger partial charge in [0, 0.05) is 12.4 Å². The summed E-state index contributed by atoms with van der Waals surface area (Å²) in [7, 11) is -2.84. The number of aromatic nitrogens is 2. The lowest BCUT2D eigenvalue weighted by molar-refractivity contribution is 0.413. The summed E-state index contributed by atoms with van der Waals surface area (Å²) in [6.45, 7) is 0. The summed E-state index contributed by atoms with van der Waals surface area (Å²) >= 11 is 0. The summed E-state index contributed by atoms with van der Waals surface area (Å²) in [5.74, 6) is 6.18. The molecule has 1 saturated heterocycles. The zero-order valence-corrected chi connectivity index (χ0v) is 10.2. The molecular formula is C10H16N4O2S. The molecule has 7 heteroatoms. The monoisotopic (exact) mass is 256 g/mol. The number of sulfone groups is 1. The predicted octanol–water partition coefficient (Wildman–Crippen LogP) is -0.194. The average molecular weight is 256 g/mol. The van der Waals surface area contributed by atoms with Gasteiger partial charge in [-0.05, 0) is 18.8 Å². The Balaban J connectivity index is 2.02. The highest BCUT2D eigenvalue weighted by molar-refractivity contribution is 7.91. The molecule has 0 aromatic carbocycles. The van der Waals surface area contributed by atoms with Crippen LogP contribution in [-0.2, 0) is 9.84 Å². The smallest absolute Gasteiger partial charge is 0.150 e. The molecule has 0 aliphatic carbocycles. The van der Waals surface area contributed by atoms with Gasteiger partial charge in [0.15, 0.2) is 9.84 Å². The summed E-state index contributed by atoms with van der Waals surface area (Å²) in [6, 6.07) is -0.137. The summed E-state index contributed by atoms with van der Waals surface area (Å²) < 4.78 is 22.7. The molecule has 0 radical (unpaired) electrons. The molecule has 1 aromatic heterocycles. The van der Waals surface area contributed by atoms with Crippen molar-refractivity contribution in [2.24, 2.45) is 11.8 Å². The van der Waals surface area contributed by atoms with E-state index in [0.29, 0.717) is 12.8 Å². The van der Waals surface area contributed by atoms with E-state index in [2.05, 4.69) is 15.4 Å². The second-order valence-corrected chi connectivity index (χ2v) is 6.58. The van der Waals surface area contributed by atoms with Gasteiger partial charge in [-0.1, -0.05) is 0 Å². The topological polar surface area (TPSA) is 98.0 Å². The molecule has 94 valence electrons. The molecule has 0 saturated carbocycles. The molecule has 1 fully saturated rings. The van der Waals surface area contributed by atoms with Crippen molar-refractivity contribution in [3.63, 3.8) is 0 Å². The third-order valence-electron chi connectivity index (χ3n) is 3.04. The van der Waals surface area contributed by atoms with E-state index in [-0.39, 0.29) is 23.5 Å². The maximum Gasteiger partial charge on any atom is 0.150 e. The van der Waals surface area contributed by atoms with Gasteiger partial charge in [0.05, 0.1) is 29.4 Å². The van der Waals surface area contributed by atoms with Crippen molar-refractivity contribution in [3.8, 4) is 0 Å². The van der Waals surface area contributed by atoms with E-state index < -0.39 is 9.84 Å². The Morgan fingerprint density at radius 3 is 2.88 bits per heavy atom. The Kier molecular flexibility index (Phi) is 3.70. The highest BCUT2D eigenvalue weighted by Gasteiger charge is 2.30. The Hall–Kier alpha value is -1.05.